The second-order valence-electron chi connectivity index (χ2n) is 9.92. The first kappa shape index (κ1) is 50.0. The van der Waals surface area contributed by atoms with E-state index in [1.165, 1.54) is 7.11 Å². The zero-order chi connectivity index (χ0) is 32.7. The number of hydrogen-bond donors (Lipinski definition) is 8. The summed E-state index contributed by atoms with van der Waals surface area (Å²) in [6, 6.07) is -2.91. The number of urea groups is 2. The Balaban J connectivity index is -0.000000203. The van der Waals surface area contributed by atoms with Crippen molar-refractivity contribution in [2.75, 3.05) is 27.3 Å². The number of ether oxygens (including phenoxy) is 1. The number of esters is 1. The summed E-state index contributed by atoms with van der Waals surface area (Å²) in [7, 11) is 2.27. The average molecular weight is 633 g/mol. The predicted molar refractivity (Wildman–Crippen MR) is 155 cm³/mol. The summed E-state index contributed by atoms with van der Waals surface area (Å²) in [5, 5.41) is 26.0. The number of carboxylic acid groups (broad SMARTS) is 1. The fourth-order valence-electron chi connectivity index (χ4n) is 2.90. The maximum absolute atomic E-state index is 11.9. The molecule has 43 heavy (non-hydrogen) atoms. The van der Waals surface area contributed by atoms with Crippen molar-refractivity contribution >= 4 is 35.8 Å². The minimum atomic E-state index is -1.08. The third-order valence-corrected chi connectivity index (χ3v) is 6.18. The van der Waals surface area contributed by atoms with E-state index in [1.807, 2.05) is 34.6 Å². The van der Waals surface area contributed by atoms with Crippen LogP contribution in [0, 0.1) is 23.7 Å². The van der Waals surface area contributed by atoms with Crippen LogP contribution in [0.5, 0.6) is 0 Å². The van der Waals surface area contributed by atoms with Crippen molar-refractivity contribution in [1.29, 1.82) is 0 Å². The summed E-state index contributed by atoms with van der Waals surface area (Å²) in [6.07, 6.45) is 1.56. The fraction of sp³-hybridized carbons (Fsp3) is 0.769. The normalized spacial score (nSPS) is 12.4. The van der Waals surface area contributed by atoms with Crippen LogP contribution in [0.1, 0.15) is 67.2 Å². The molecule has 0 rings (SSSR count). The molecule has 0 aromatic rings. The Bertz CT molecular complexity index is 817. The molecule has 0 fully saturated rings. The molecule has 0 spiro atoms. The minimum absolute atomic E-state index is 0. The monoisotopic (exact) mass is 632 g/mol. The van der Waals surface area contributed by atoms with Gasteiger partial charge in [-0.2, -0.15) is 0 Å². The van der Waals surface area contributed by atoms with E-state index in [-0.39, 0.29) is 83.5 Å². The third kappa shape index (κ3) is 26.7. The van der Waals surface area contributed by atoms with Crippen molar-refractivity contribution in [3.63, 3.8) is 0 Å². The molecule has 0 aromatic carbocycles. The van der Waals surface area contributed by atoms with Crippen LogP contribution in [0.25, 0.3) is 0 Å². The summed E-state index contributed by atoms with van der Waals surface area (Å²) in [6.45, 7) is 11.9. The van der Waals surface area contributed by atoms with E-state index in [2.05, 4.69) is 26.0 Å². The number of aliphatic carboxylic acids is 1. The van der Waals surface area contributed by atoms with Crippen molar-refractivity contribution in [3.05, 3.63) is 0 Å². The van der Waals surface area contributed by atoms with Gasteiger partial charge in [-0.3, -0.25) is 9.59 Å². The Kier molecular flexibility index (Phi) is 34.2. The number of carboxylic acids is 1. The molecule has 4 atom stereocenters. The molecule has 11 N–H and O–H groups in total. The molecule has 6 amide bonds. The molecule has 0 aromatic heterocycles. The topological polar surface area (TPSA) is 282 Å². The molecule has 0 aliphatic heterocycles. The number of nitrogens with two attached hydrogens (primary N) is 2. The Morgan fingerprint density at radius 1 is 0.698 bits per heavy atom. The number of hydrogen-bond acceptors (Lipinski definition) is 9. The molecule has 0 aliphatic rings. The zero-order valence-corrected chi connectivity index (χ0v) is 29.1. The summed E-state index contributed by atoms with van der Waals surface area (Å²) >= 11 is 0. The number of primary amides is 2. The van der Waals surface area contributed by atoms with E-state index in [0.717, 1.165) is 7.11 Å². The standard InChI is InChI=1S/C13H25N3O4.C12H23N3O4.CH4O.Na.H2O/c1-8(2)9(3)11(17)16-10(12(18)20-4)6-5-7-15-13(14)19;1-7(2)8(3)10(16)15-9(11(17)18)5-4-6-14-12(13)19;1-2;;/h8-10H,5-7H2,1-4H3,(H,16,17)(H3,14,15,19);7-9H,4-6H2,1-3H3,(H,15,16)(H,17,18)(H3,13,14,19);2H,1H3;;1H2/q;;;+1;/p-1/t9-,10-;8-,9-;;;/m00.../s1. The van der Waals surface area contributed by atoms with E-state index >= 15 is 0 Å². The zero-order valence-electron chi connectivity index (χ0n) is 27.1. The van der Waals surface area contributed by atoms with Gasteiger partial charge in [-0.1, -0.05) is 41.5 Å². The van der Waals surface area contributed by atoms with Crippen molar-refractivity contribution in [2.45, 2.75) is 79.3 Å². The van der Waals surface area contributed by atoms with Gasteiger partial charge >= 0.3 is 53.6 Å². The average Bonchev–Trinajstić information content (AvgIpc) is 2.91. The first-order chi connectivity index (χ1) is 19.0. The maximum atomic E-state index is 11.9. The van der Waals surface area contributed by atoms with E-state index in [1.54, 1.807) is 6.92 Å². The summed E-state index contributed by atoms with van der Waals surface area (Å²) in [5.41, 5.74) is 9.82. The van der Waals surface area contributed by atoms with Crippen LogP contribution < -0.4 is 62.3 Å². The number of aliphatic hydroxyl groups excluding tert-OH is 1. The van der Waals surface area contributed by atoms with Crippen molar-refractivity contribution in [1.82, 2.24) is 21.3 Å². The molecular weight excluding hydrogens is 579 g/mol. The van der Waals surface area contributed by atoms with Crippen LogP contribution in [-0.4, -0.2) is 90.9 Å². The molecule has 0 aliphatic carbocycles. The van der Waals surface area contributed by atoms with Crippen molar-refractivity contribution < 1.29 is 78.8 Å². The van der Waals surface area contributed by atoms with Crippen LogP contribution in [0.4, 0.5) is 9.59 Å². The van der Waals surface area contributed by atoms with Gasteiger partial charge in [-0.05, 0) is 37.5 Å². The fourth-order valence-corrected chi connectivity index (χ4v) is 2.90. The quantitative estimate of drug-likeness (QED) is 0.0488. The second-order valence-corrected chi connectivity index (χ2v) is 9.92. The number of nitrogens with one attached hydrogen (secondary N) is 4. The van der Waals surface area contributed by atoms with Gasteiger partial charge in [0.05, 0.1) is 7.11 Å². The van der Waals surface area contributed by atoms with Gasteiger partial charge in [-0.15, -0.1) is 0 Å². The Hall–Kier alpha value is -2.66. The molecule has 0 bridgehead atoms. The minimum Gasteiger partial charge on any atom is -0.870 e. The van der Waals surface area contributed by atoms with Gasteiger partial charge < -0.3 is 53.2 Å². The molecule has 17 heteroatoms. The molecule has 16 nitrogen and oxygen atoms in total. The molecule has 0 saturated carbocycles. The summed E-state index contributed by atoms with van der Waals surface area (Å²) in [4.78, 5) is 67.3. The van der Waals surface area contributed by atoms with Gasteiger partial charge in [0, 0.05) is 32.0 Å². The van der Waals surface area contributed by atoms with Gasteiger partial charge in [0.2, 0.25) is 11.8 Å². The van der Waals surface area contributed by atoms with Gasteiger partial charge in [0.25, 0.3) is 0 Å². The van der Waals surface area contributed by atoms with Crippen molar-refractivity contribution in [2.24, 2.45) is 35.1 Å². The maximum Gasteiger partial charge on any atom is 1.00 e. The molecule has 248 valence electrons. The van der Waals surface area contributed by atoms with Gasteiger partial charge in [0.15, 0.2) is 0 Å². The van der Waals surface area contributed by atoms with Crippen LogP contribution >= 0.6 is 0 Å². The number of amides is 6. The molecule has 0 radical (unpaired) electrons. The van der Waals surface area contributed by atoms with Gasteiger partial charge in [-0.25, -0.2) is 19.2 Å². The summed E-state index contributed by atoms with van der Waals surface area (Å²) in [5.74, 6) is -2.13. The van der Waals surface area contributed by atoms with E-state index in [0.29, 0.717) is 25.8 Å². The van der Waals surface area contributed by atoms with E-state index < -0.39 is 36.1 Å². The van der Waals surface area contributed by atoms with E-state index in [4.69, 9.17) is 21.7 Å². The number of aliphatic hydroxyl groups is 1. The smallest absolute Gasteiger partial charge is 0.870 e. The molecule has 0 saturated heterocycles. The summed E-state index contributed by atoms with van der Waals surface area (Å²) < 4.78 is 4.67. The van der Waals surface area contributed by atoms with Crippen LogP contribution in [0.2, 0.25) is 0 Å². The Morgan fingerprint density at radius 2 is 1.02 bits per heavy atom. The van der Waals surface area contributed by atoms with Gasteiger partial charge in [0.1, 0.15) is 12.1 Å². The van der Waals surface area contributed by atoms with Crippen LogP contribution in [0.15, 0.2) is 0 Å². The molecular formula is C26H53N6NaO10. The predicted octanol–water partition coefficient (Wildman–Crippen LogP) is -2.88. The molecule has 0 unspecified atom stereocenters. The second kappa shape index (κ2) is 29.4. The SMILES string of the molecule is CC(C)[C@H](C)C(=O)N[C@@H](CCCNC(N)=O)C(=O)O.CO.COC(=O)[C@H](CCCNC(N)=O)NC(=O)[C@@H](C)C(C)C.[Na+].[OH-]. The number of carbonyl (C=O) groups excluding carboxylic acids is 5. The van der Waals surface area contributed by atoms with Crippen LogP contribution in [-0.2, 0) is 23.9 Å². The van der Waals surface area contributed by atoms with E-state index in [9.17, 15) is 28.8 Å². The first-order valence-electron chi connectivity index (χ1n) is 13.5. The van der Waals surface area contributed by atoms with Crippen molar-refractivity contribution in [3.8, 4) is 0 Å². The Morgan fingerprint density at radius 3 is 1.30 bits per heavy atom. The third-order valence-electron chi connectivity index (χ3n) is 6.18. The first-order valence-corrected chi connectivity index (χ1v) is 13.5. The number of methoxy groups -OCH3 is 1. The molecule has 0 heterocycles. The Labute approximate surface area is 276 Å². The number of carbonyl (C=O) groups is 6. The largest absolute Gasteiger partial charge is 1.00 e. The van der Waals surface area contributed by atoms with Crippen LogP contribution in [0.3, 0.4) is 0 Å². The number of rotatable bonds is 16.